The van der Waals surface area contributed by atoms with Crippen LogP contribution in [-0.2, 0) is 5.54 Å². The van der Waals surface area contributed by atoms with Crippen LogP contribution in [0.25, 0.3) is 20.7 Å². The van der Waals surface area contributed by atoms with Gasteiger partial charge in [-0.2, -0.15) is 5.10 Å². The fourth-order valence-electron chi connectivity index (χ4n) is 5.26. The number of carboxylic acid groups (broad SMARTS) is 1. The number of likely N-dealkylation sites (tertiary alicyclic amines) is 1. The lowest BCUT2D eigenvalue weighted by Gasteiger charge is -2.45. The fourth-order valence-corrected chi connectivity index (χ4v) is 6.31. The Labute approximate surface area is 200 Å². The third kappa shape index (κ3) is 3.34. The van der Waals surface area contributed by atoms with E-state index in [1.54, 1.807) is 6.20 Å². The van der Waals surface area contributed by atoms with E-state index < -0.39 is 17.0 Å². The van der Waals surface area contributed by atoms with E-state index in [-0.39, 0.29) is 11.5 Å². The monoisotopic (exact) mass is 477 g/mol. The van der Waals surface area contributed by atoms with Gasteiger partial charge >= 0.3 is 6.09 Å². The number of hydrogen-bond acceptors (Lipinski definition) is 5. The standard InChI is InChI=1S/C25H27N5O3S/c1-14-17(12-26-29-14)19-10-18-20(34-19)21(31)28-22(27-18)25(24(2,3)4)11-16(13-30(25)23(32)33)15-8-6-5-7-9-15/h5-10,12,16H,11,13H2,1-4H3,(H,26,29)(H,32,33)(H,27,28,31)/t16-,25-/m1/s1. The minimum absolute atomic E-state index is 0.0101. The zero-order valence-corrected chi connectivity index (χ0v) is 20.4. The molecule has 176 valence electrons. The third-order valence-corrected chi connectivity index (χ3v) is 8.17. The van der Waals surface area contributed by atoms with Gasteiger partial charge in [0, 0.05) is 28.6 Å². The van der Waals surface area contributed by atoms with Crippen LogP contribution in [0.5, 0.6) is 0 Å². The Morgan fingerprint density at radius 3 is 2.62 bits per heavy atom. The highest BCUT2D eigenvalue weighted by Gasteiger charge is 2.58. The summed E-state index contributed by atoms with van der Waals surface area (Å²) in [6.07, 6.45) is 1.24. The second-order valence-electron chi connectivity index (χ2n) is 9.96. The van der Waals surface area contributed by atoms with Crippen molar-refractivity contribution in [3.05, 3.63) is 70.0 Å². The Morgan fingerprint density at radius 1 is 1.26 bits per heavy atom. The van der Waals surface area contributed by atoms with Gasteiger partial charge < -0.3 is 10.1 Å². The number of thiophene rings is 1. The molecule has 5 rings (SSSR count). The molecular formula is C25H27N5O3S. The van der Waals surface area contributed by atoms with Crippen LogP contribution in [0.15, 0.2) is 47.4 Å². The molecule has 0 aliphatic carbocycles. The zero-order valence-electron chi connectivity index (χ0n) is 19.5. The van der Waals surface area contributed by atoms with Crippen LogP contribution in [0, 0.1) is 12.3 Å². The Bertz CT molecular complexity index is 1430. The smallest absolute Gasteiger partial charge is 0.408 e. The summed E-state index contributed by atoms with van der Waals surface area (Å²) >= 11 is 1.36. The summed E-state index contributed by atoms with van der Waals surface area (Å²) in [5.41, 5.74) is 1.70. The van der Waals surface area contributed by atoms with Crippen molar-refractivity contribution < 1.29 is 9.90 Å². The first-order valence-corrected chi connectivity index (χ1v) is 12.0. The van der Waals surface area contributed by atoms with E-state index in [0.29, 0.717) is 29.0 Å². The number of nitrogens with zero attached hydrogens (tertiary/aromatic N) is 3. The number of nitrogens with one attached hydrogen (secondary N) is 2. The molecule has 1 saturated heterocycles. The number of hydrogen-bond donors (Lipinski definition) is 3. The van der Waals surface area contributed by atoms with E-state index in [9.17, 15) is 14.7 Å². The normalized spacial score (nSPS) is 20.8. The van der Waals surface area contributed by atoms with E-state index in [2.05, 4.69) is 15.2 Å². The first-order chi connectivity index (χ1) is 16.1. The Balaban J connectivity index is 1.70. The van der Waals surface area contributed by atoms with E-state index in [4.69, 9.17) is 4.98 Å². The van der Waals surface area contributed by atoms with Gasteiger partial charge in [0.25, 0.3) is 5.56 Å². The number of rotatable bonds is 3. The summed E-state index contributed by atoms with van der Waals surface area (Å²) in [7, 11) is 0. The van der Waals surface area contributed by atoms with Crippen LogP contribution in [0.1, 0.15) is 50.2 Å². The molecule has 4 aromatic rings. The summed E-state index contributed by atoms with van der Waals surface area (Å²) in [5, 5.41) is 17.3. The quantitative estimate of drug-likeness (QED) is 0.380. The van der Waals surface area contributed by atoms with Crippen molar-refractivity contribution in [1.82, 2.24) is 25.1 Å². The highest BCUT2D eigenvalue weighted by Crippen LogP contribution is 2.54. The van der Waals surface area contributed by atoms with Gasteiger partial charge in [0.15, 0.2) is 0 Å². The molecule has 1 aliphatic rings. The van der Waals surface area contributed by atoms with Gasteiger partial charge in [0.05, 0.1) is 11.7 Å². The van der Waals surface area contributed by atoms with Crippen LogP contribution in [-0.4, -0.2) is 42.8 Å². The van der Waals surface area contributed by atoms with Crippen molar-refractivity contribution in [2.75, 3.05) is 6.54 Å². The van der Waals surface area contributed by atoms with Gasteiger partial charge in [-0.25, -0.2) is 9.78 Å². The van der Waals surface area contributed by atoms with Gasteiger partial charge in [-0.1, -0.05) is 51.1 Å². The SMILES string of the molecule is Cc1[nH]ncc1-c1cc2nc([C@@]3(C(C)(C)C)C[C@@H](c4ccccc4)CN3C(=O)O)[nH]c(=O)c2s1. The second-order valence-corrected chi connectivity index (χ2v) is 11.0. The Kier molecular flexibility index (Phi) is 5.12. The molecule has 1 aliphatic heterocycles. The van der Waals surface area contributed by atoms with Crippen molar-refractivity contribution in [2.24, 2.45) is 5.41 Å². The molecule has 9 heteroatoms. The van der Waals surface area contributed by atoms with Gasteiger partial charge in [-0.05, 0) is 30.4 Å². The molecule has 0 radical (unpaired) electrons. The van der Waals surface area contributed by atoms with Crippen LogP contribution >= 0.6 is 11.3 Å². The number of amides is 1. The van der Waals surface area contributed by atoms with E-state index >= 15 is 0 Å². The maximum atomic E-state index is 13.2. The highest BCUT2D eigenvalue weighted by molar-refractivity contribution is 7.22. The molecular weight excluding hydrogens is 450 g/mol. The third-order valence-electron chi connectivity index (χ3n) is 7.02. The number of carbonyl (C=O) groups is 1. The minimum Gasteiger partial charge on any atom is -0.465 e. The molecule has 2 atom stereocenters. The first kappa shape index (κ1) is 22.3. The van der Waals surface area contributed by atoms with Crippen molar-refractivity contribution in [2.45, 2.75) is 45.6 Å². The average molecular weight is 478 g/mol. The van der Waals surface area contributed by atoms with Crippen LogP contribution in [0.4, 0.5) is 4.79 Å². The molecule has 3 aromatic heterocycles. The zero-order chi connectivity index (χ0) is 24.3. The summed E-state index contributed by atoms with van der Waals surface area (Å²) in [4.78, 5) is 36.1. The van der Waals surface area contributed by atoms with Crippen molar-refractivity contribution in [3.8, 4) is 10.4 Å². The summed E-state index contributed by atoms with van der Waals surface area (Å²) in [5.74, 6) is 0.385. The van der Waals surface area contributed by atoms with Crippen LogP contribution in [0.3, 0.4) is 0 Å². The molecule has 34 heavy (non-hydrogen) atoms. The Morgan fingerprint density at radius 2 is 2.00 bits per heavy atom. The topological polar surface area (TPSA) is 115 Å². The first-order valence-electron chi connectivity index (χ1n) is 11.2. The van der Waals surface area contributed by atoms with E-state index in [0.717, 1.165) is 21.7 Å². The molecule has 1 fully saturated rings. The number of aromatic amines is 2. The number of fused-ring (bicyclic) bond motifs is 1. The lowest BCUT2D eigenvalue weighted by Crippen LogP contribution is -2.54. The minimum atomic E-state index is -1.02. The highest BCUT2D eigenvalue weighted by atomic mass is 32.1. The maximum Gasteiger partial charge on any atom is 0.408 e. The number of aromatic nitrogens is 4. The lowest BCUT2D eigenvalue weighted by atomic mass is 9.69. The molecule has 4 heterocycles. The lowest BCUT2D eigenvalue weighted by molar-refractivity contribution is 0.0211. The second kappa shape index (κ2) is 7.80. The van der Waals surface area contributed by atoms with Crippen molar-refractivity contribution in [1.29, 1.82) is 0 Å². The molecule has 1 amide bonds. The van der Waals surface area contributed by atoms with Gasteiger partial charge in [-0.3, -0.25) is 14.8 Å². The number of aryl methyl sites for hydroxylation is 1. The molecule has 0 spiro atoms. The van der Waals surface area contributed by atoms with E-state index in [1.165, 1.54) is 16.2 Å². The summed E-state index contributed by atoms with van der Waals surface area (Å²) in [6.45, 7) is 8.29. The molecule has 3 N–H and O–H groups in total. The average Bonchev–Trinajstić information content (AvgIpc) is 3.50. The van der Waals surface area contributed by atoms with Gasteiger partial charge in [0.1, 0.15) is 16.1 Å². The largest absolute Gasteiger partial charge is 0.465 e. The number of H-pyrrole nitrogens is 2. The van der Waals surface area contributed by atoms with Crippen molar-refractivity contribution >= 4 is 27.6 Å². The molecule has 0 bridgehead atoms. The molecule has 1 aromatic carbocycles. The summed E-state index contributed by atoms with van der Waals surface area (Å²) in [6, 6.07) is 11.8. The van der Waals surface area contributed by atoms with Gasteiger partial charge in [-0.15, -0.1) is 11.3 Å². The van der Waals surface area contributed by atoms with Crippen LogP contribution in [0.2, 0.25) is 0 Å². The van der Waals surface area contributed by atoms with Crippen LogP contribution < -0.4 is 5.56 Å². The molecule has 0 saturated carbocycles. The maximum absolute atomic E-state index is 13.2. The predicted molar refractivity (Wildman–Crippen MR) is 132 cm³/mol. The van der Waals surface area contributed by atoms with Crippen molar-refractivity contribution in [3.63, 3.8) is 0 Å². The fraction of sp³-hybridized carbons (Fsp3) is 0.360. The molecule has 0 unspecified atom stereocenters. The Hall–Kier alpha value is -3.46. The van der Waals surface area contributed by atoms with E-state index in [1.807, 2.05) is 64.1 Å². The summed E-state index contributed by atoms with van der Waals surface area (Å²) < 4.78 is 0.517. The number of benzene rings is 1. The molecule has 8 nitrogen and oxygen atoms in total. The van der Waals surface area contributed by atoms with Gasteiger partial charge in [0.2, 0.25) is 0 Å². The predicted octanol–water partition coefficient (Wildman–Crippen LogP) is 5.09.